The topological polar surface area (TPSA) is 96.0 Å². The van der Waals surface area contributed by atoms with Gasteiger partial charge in [-0.2, -0.15) is 0 Å². The summed E-state index contributed by atoms with van der Waals surface area (Å²) in [6.07, 6.45) is 0.270. The molecule has 0 aliphatic heterocycles. The van der Waals surface area contributed by atoms with Crippen LogP contribution in [0, 0.1) is 6.92 Å². The van der Waals surface area contributed by atoms with E-state index in [9.17, 15) is 18.0 Å². The zero-order chi connectivity index (χ0) is 31.0. The smallest absolute Gasteiger partial charge is 0.264 e. The number of rotatable bonds is 13. The Bertz CT molecular complexity index is 1480. The molecule has 3 rings (SSSR count). The van der Waals surface area contributed by atoms with Crippen molar-refractivity contribution in [3.05, 3.63) is 87.9 Å². The first-order valence-corrected chi connectivity index (χ1v) is 15.9. The van der Waals surface area contributed by atoms with Crippen LogP contribution in [-0.4, -0.2) is 50.4 Å². The van der Waals surface area contributed by atoms with Crippen molar-refractivity contribution in [2.75, 3.05) is 17.5 Å². The van der Waals surface area contributed by atoms with Gasteiger partial charge in [0.05, 0.1) is 17.2 Å². The Morgan fingerprint density at radius 1 is 0.929 bits per heavy atom. The van der Waals surface area contributed by atoms with E-state index in [1.165, 1.54) is 17.0 Å². The van der Waals surface area contributed by atoms with Gasteiger partial charge in [-0.05, 0) is 70.5 Å². The maximum atomic E-state index is 14.3. The minimum atomic E-state index is -4.25. The quantitative estimate of drug-likeness (QED) is 0.241. The van der Waals surface area contributed by atoms with Crippen molar-refractivity contribution in [1.82, 2.24) is 10.2 Å². The molecule has 1 atom stereocenters. The molecule has 0 saturated heterocycles. The minimum Gasteiger partial charge on any atom is -0.492 e. The largest absolute Gasteiger partial charge is 0.492 e. The van der Waals surface area contributed by atoms with Gasteiger partial charge in [0.2, 0.25) is 11.8 Å². The molecule has 0 fully saturated rings. The molecule has 3 aromatic carbocycles. The molecule has 2 amide bonds. The molecule has 3 aromatic rings. The fraction of sp³-hybridized carbons (Fsp3) is 0.355. The summed E-state index contributed by atoms with van der Waals surface area (Å²) in [5.74, 6) is -0.681. The summed E-state index contributed by atoms with van der Waals surface area (Å²) >= 11 is 12.9. The highest BCUT2D eigenvalue weighted by Crippen LogP contribution is 2.33. The molecule has 0 heterocycles. The summed E-state index contributed by atoms with van der Waals surface area (Å²) in [4.78, 5) is 28.9. The number of hydrogen-bond donors (Lipinski definition) is 1. The van der Waals surface area contributed by atoms with Crippen LogP contribution in [0.4, 0.5) is 5.69 Å². The van der Waals surface area contributed by atoms with Crippen molar-refractivity contribution in [2.45, 2.75) is 64.6 Å². The molecular formula is C31H37Cl2N3O5S. The summed E-state index contributed by atoms with van der Waals surface area (Å²) in [7, 11) is -4.25. The Balaban J connectivity index is 2.15. The van der Waals surface area contributed by atoms with Crippen LogP contribution in [0.1, 0.15) is 45.2 Å². The molecule has 0 radical (unpaired) electrons. The first-order valence-electron chi connectivity index (χ1n) is 13.7. The van der Waals surface area contributed by atoms with Gasteiger partial charge in [-0.1, -0.05) is 66.0 Å². The second-order valence-corrected chi connectivity index (χ2v) is 12.7. The standard InChI is InChI=1S/C31H37Cl2N3O5S/c1-6-27(31(38)34-21(3)4)35(19-24-25(32)11-10-12-26(24)33)30(37)20-36(28-13-8-9-14-29(28)41-7-2)42(39,40)23-17-15-22(5)16-18-23/h8-18,21,27H,6-7,19-20H2,1-5H3,(H,34,38)/t27-/m0/s1. The predicted molar refractivity (Wildman–Crippen MR) is 168 cm³/mol. The lowest BCUT2D eigenvalue weighted by Gasteiger charge is -2.34. The van der Waals surface area contributed by atoms with Gasteiger partial charge in [-0.25, -0.2) is 8.42 Å². The highest BCUT2D eigenvalue weighted by atomic mass is 35.5. The molecular weight excluding hydrogens is 597 g/mol. The highest BCUT2D eigenvalue weighted by Gasteiger charge is 2.35. The van der Waals surface area contributed by atoms with Crippen molar-refractivity contribution in [3.63, 3.8) is 0 Å². The number of carbonyl (C=O) groups excluding carboxylic acids is 2. The van der Waals surface area contributed by atoms with Crippen molar-refractivity contribution >= 4 is 50.7 Å². The summed E-state index contributed by atoms with van der Waals surface area (Å²) in [5, 5.41) is 3.51. The van der Waals surface area contributed by atoms with Crippen molar-refractivity contribution in [2.24, 2.45) is 0 Å². The molecule has 0 aliphatic rings. The van der Waals surface area contributed by atoms with E-state index < -0.39 is 28.5 Å². The molecule has 0 unspecified atom stereocenters. The molecule has 42 heavy (non-hydrogen) atoms. The average molecular weight is 635 g/mol. The molecule has 0 bridgehead atoms. The molecule has 11 heteroatoms. The maximum Gasteiger partial charge on any atom is 0.264 e. The molecule has 226 valence electrons. The fourth-order valence-electron chi connectivity index (χ4n) is 4.45. The van der Waals surface area contributed by atoms with E-state index in [4.69, 9.17) is 27.9 Å². The van der Waals surface area contributed by atoms with Gasteiger partial charge in [0.25, 0.3) is 10.0 Å². The van der Waals surface area contributed by atoms with Crippen LogP contribution < -0.4 is 14.4 Å². The number of benzene rings is 3. The number of sulfonamides is 1. The summed E-state index contributed by atoms with van der Waals surface area (Å²) in [5.41, 5.74) is 1.53. The van der Waals surface area contributed by atoms with Crippen LogP contribution in [0.15, 0.2) is 71.6 Å². The molecule has 0 aliphatic carbocycles. The Kier molecular flexibility index (Phi) is 11.7. The lowest BCUT2D eigenvalue weighted by molar-refractivity contribution is -0.140. The monoisotopic (exact) mass is 633 g/mol. The average Bonchev–Trinajstić information content (AvgIpc) is 2.93. The fourth-order valence-corrected chi connectivity index (χ4v) is 6.39. The van der Waals surface area contributed by atoms with Gasteiger partial charge in [0.15, 0.2) is 0 Å². The second-order valence-electron chi connectivity index (χ2n) is 10.0. The van der Waals surface area contributed by atoms with Crippen LogP contribution in [-0.2, 0) is 26.2 Å². The summed E-state index contributed by atoms with van der Waals surface area (Å²) in [6, 6.07) is 16.9. The zero-order valence-corrected chi connectivity index (χ0v) is 26.8. The Hall–Kier alpha value is -3.27. The Morgan fingerprint density at radius 3 is 2.12 bits per heavy atom. The van der Waals surface area contributed by atoms with Crippen LogP contribution in [0.5, 0.6) is 5.75 Å². The third kappa shape index (κ3) is 7.96. The summed E-state index contributed by atoms with van der Waals surface area (Å²) < 4.78 is 35.0. The van der Waals surface area contributed by atoms with Crippen molar-refractivity contribution in [3.8, 4) is 5.75 Å². The van der Waals surface area contributed by atoms with Gasteiger partial charge in [0.1, 0.15) is 18.3 Å². The van der Waals surface area contributed by atoms with Crippen LogP contribution in [0.25, 0.3) is 0 Å². The molecule has 0 saturated carbocycles. The van der Waals surface area contributed by atoms with E-state index in [-0.39, 0.29) is 42.1 Å². The van der Waals surface area contributed by atoms with Crippen LogP contribution in [0.3, 0.4) is 0 Å². The number of hydrogen-bond acceptors (Lipinski definition) is 5. The number of ether oxygens (including phenoxy) is 1. The minimum absolute atomic E-state index is 0.0116. The molecule has 0 aromatic heterocycles. The van der Waals surface area contributed by atoms with E-state index in [0.717, 1.165) is 9.87 Å². The van der Waals surface area contributed by atoms with Gasteiger partial charge >= 0.3 is 0 Å². The van der Waals surface area contributed by atoms with Crippen molar-refractivity contribution in [1.29, 1.82) is 0 Å². The number of nitrogens with one attached hydrogen (secondary N) is 1. The first kappa shape index (κ1) is 33.2. The lowest BCUT2D eigenvalue weighted by Crippen LogP contribution is -2.53. The van der Waals surface area contributed by atoms with Gasteiger partial charge in [-0.3, -0.25) is 13.9 Å². The van der Waals surface area contributed by atoms with E-state index in [0.29, 0.717) is 21.4 Å². The van der Waals surface area contributed by atoms with Crippen LogP contribution in [0.2, 0.25) is 10.0 Å². The molecule has 0 spiro atoms. The first-order chi connectivity index (χ1) is 19.9. The zero-order valence-electron chi connectivity index (χ0n) is 24.4. The molecule has 1 N–H and O–H groups in total. The number of nitrogens with zero attached hydrogens (tertiary/aromatic N) is 2. The normalized spacial score (nSPS) is 12.1. The highest BCUT2D eigenvalue weighted by molar-refractivity contribution is 7.92. The van der Waals surface area contributed by atoms with Gasteiger partial charge in [0, 0.05) is 28.2 Å². The second kappa shape index (κ2) is 14.8. The number of halogens is 2. The van der Waals surface area contributed by atoms with Gasteiger partial charge < -0.3 is 15.0 Å². The number of para-hydroxylation sites is 2. The van der Waals surface area contributed by atoms with Crippen molar-refractivity contribution < 1.29 is 22.7 Å². The Morgan fingerprint density at radius 2 is 1.55 bits per heavy atom. The lowest BCUT2D eigenvalue weighted by atomic mass is 10.1. The van der Waals surface area contributed by atoms with E-state index in [1.807, 2.05) is 20.8 Å². The maximum absolute atomic E-state index is 14.3. The SMILES string of the molecule is CCOc1ccccc1N(CC(=O)N(Cc1c(Cl)cccc1Cl)[C@@H](CC)C(=O)NC(C)C)S(=O)(=O)c1ccc(C)cc1. The number of carbonyl (C=O) groups is 2. The van der Waals surface area contributed by atoms with E-state index in [2.05, 4.69) is 5.32 Å². The number of amides is 2. The number of aryl methyl sites for hydroxylation is 1. The van der Waals surface area contributed by atoms with Gasteiger partial charge in [-0.15, -0.1) is 0 Å². The third-order valence-corrected chi connectivity index (χ3v) is 9.01. The molecule has 8 nitrogen and oxygen atoms in total. The Labute approximate surface area is 258 Å². The van der Waals surface area contributed by atoms with E-state index in [1.54, 1.807) is 68.4 Å². The van der Waals surface area contributed by atoms with Crippen LogP contribution >= 0.6 is 23.2 Å². The number of anilines is 1. The third-order valence-electron chi connectivity index (χ3n) is 6.53. The summed E-state index contributed by atoms with van der Waals surface area (Å²) in [6.45, 7) is 8.64. The predicted octanol–water partition coefficient (Wildman–Crippen LogP) is 6.23. The van der Waals surface area contributed by atoms with E-state index >= 15 is 0 Å².